The number of ether oxygens (including phenoxy) is 1. The maximum absolute atomic E-state index is 12.6. The van der Waals surface area contributed by atoms with Gasteiger partial charge in [-0.15, -0.1) is 0 Å². The quantitative estimate of drug-likeness (QED) is 0.682. The van der Waals surface area contributed by atoms with Gasteiger partial charge in [0.1, 0.15) is 5.82 Å². The molecule has 0 amide bonds. The minimum Gasteiger partial charge on any atom is -0.379 e. The Kier molecular flexibility index (Phi) is 5.49. The van der Waals surface area contributed by atoms with E-state index in [1.54, 1.807) is 0 Å². The van der Waals surface area contributed by atoms with Crippen molar-refractivity contribution in [3.8, 4) is 0 Å². The number of hydrogen-bond acceptors (Lipinski definition) is 4. The van der Waals surface area contributed by atoms with Gasteiger partial charge in [-0.3, -0.25) is 0 Å². The first-order valence-electron chi connectivity index (χ1n) is 5.09. The van der Waals surface area contributed by atoms with E-state index in [1.807, 2.05) is 0 Å². The van der Waals surface area contributed by atoms with E-state index in [2.05, 4.69) is 4.72 Å². The molecular formula is C10H15FN2O3S. The van der Waals surface area contributed by atoms with E-state index >= 15 is 0 Å². The Morgan fingerprint density at radius 2 is 1.88 bits per heavy atom. The largest absolute Gasteiger partial charge is 0.379 e. The summed E-state index contributed by atoms with van der Waals surface area (Å²) in [4.78, 5) is 0.0257. The van der Waals surface area contributed by atoms with Gasteiger partial charge in [0.2, 0.25) is 10.0 Å². The molecule has 17 heavy (non-hydrogen) atoms. The summed E-state index contributed by atoms with van der Waals surface area (Å²) >= 11 is 0. The Labute approximate surface area is 99.8 Å². The third-order valence-electron chi connectivity index (χ3n) is 1.92. The number of rotatable bonds is 7. The van der Waals surface area contributed by atoms with Crippen molar-refractivity contribution in [1.29, 1.82) is 0 Å². The lowest BCUT2D eigenvalue weighted by molar-refractivity contribution is 0.147. The molecule has 7 heteroatoms. The molecule has 1 aromatic carbocycles. The average Bonchev–Trinajstić information content (AvgIpc) is 2.29. The lowest BCUT2D eigenvalue weighted by atomic mass is 10.4. The molecule has 0 aliphatic rings. The second-order valence-corrected chi connectivity index (χ2v) is 5.02. The first kappa shape index (κ1) is 14.0. The Morgan fingerprint density at radius 3 is 2.47 bits per heavy atom. The normalized spacial score (nSPS) is 11.6. The molecule has 1 aromatic rings. The molecule has 96 valence electrons. The van der Waals surface area contributed by atoms with Crippen LogP contribution in [0.2, 0.25) is 0 Å². The monoisotopic (exact) mass is 262 g/mol. The second-order valence-electron chi connectivity index (χ2n) is 3.25. The molecule has 5 nitrogen and oxygen atoms in total. The van der Waals surface area contributed by atoms with Crippen molar-refractivity contribution in [2.24, 2.45) is 5.73 Å². The van der Waals surface area contributed by atoms with E-state index in [4.69, 9.17) is 10.5 Å². The van der Waals surface area contributed by atoms with Gasteiger partial charge in [0.25, 0.3) is 0 Å². The summed E-state index contributed by atoms with van der Waals surface area (Å²) < 4.78 is 43.3. The SMILES string of the molecule is NCCOCCNS(=O)(=O)c1ccc(F)cc1. The molecule has 0 fully saturated rings. The molecule has 0 unspecified atom stereocenters. The molecule has 1 rings (SSSR count). The molecule has 0 aromatic heterocycles. The van der Waals surface area contributed by atoms with Gasteiger partial charge in [-0.1, -0.05) is 0 Å². The minimum absolute atomic E-state index is 0.0257. The van der Waals surface area contributed by atoms with Crippen LogP contribution < -0.4 is 10.5 Å². The van der Waals surface area contributed by atoms with E-state index in [1.165, 1.54) is 12.1 Å². The van der Waals surface area contributed by atoms with Gasteiger partial charge in [-0.05, 0) is 24.3 Å². The number of nitrogens with one attached hydrogen (secondary N) is 1. The third kappa shape index (κ3) is 4.78. The van der Waals surface area contributed by atoms with Crippen LogP contribution in [0, 0.1) is 5.82 Å². The summed E-state index contributed by atoms with van der Waals surface area (Å²) in [5.74, 6) is -0.477. The standard InChI is InChI=1S/C10H15FN2O3S/c11-9-1-3-10(4-2-9)17(14,15)13-6-8-16-7-5-12/h1-4,13H,5-8,12H2. The molecule has 0 saturated carbocycles. The Bertz CT molecular complexity index is 433. The van der Waals surface area contributed by atoms with Crippen LogP contribution in [0.4, 0.5) is 4.39 Å². The summed E-state index contributed by atoms with van der Waals surface area (Å²) in [6.07, 6.45) is 0. The van der Waals surface area contributed by atoms with Crippen LogP contribution in [0.15, 0.2) is 29.2 Å². The van der Waals surface area contributed by atoms with Crippen LogP contribution in [0.5, 0.6) is 0 Å². The number of halogens is 1. The fourth-order valence-electron chi connectivity index (χ4n) is 1.13. The lowest BCUT2D eigenvalue weighted by Crippen LogP contribution is -2.28. The predicted molar refractivity (Wildman–Crippen MR) is 61.5 cm³/mol. The minimum atomic E-state index is -3.59. The van der Waals surface area contributed by atoms with Crippen molar-refractivity contribution in [2.75, 3.05) is 26.3 Å². The zero-order valence-electron chi connectivity index (χ0n) is 9.23. The molecular weight excluding hydrogens is 247 g/mol. The first-order valence-corrected chi connectivity index (χ1v) is 6.57. The van der Waals surface area contributed by atoms with Crippen LogP contribution in [-0.2, 0) is 14.8 Å². The van der Waals surface area contributed by atoms with Crippen molar-refractivity contribution < 1.29 is 17.5 Å². The van der Waals surface area contributed by atoms with Crippen LogP contribution >= 0.6 is 0 Å². The highest BCUT2D eigenvalue weighted by Crippen LogP contribution is 2.08. The van der Waals surface area contributed by atoms with Gasteiger partial charge in [-0.2, -0.15) is 0 Å². The molecule has 3 N–H and O–H groups in total. The molecule has 0 spiro atoms. The fraction of sp³-hybridized carbons (Fsp3) is 0.400. The van der Waals surface area contributed by atoms with Gasteiger partial charge in [0.15, 0.2) is 0 Å². The number of benzene rings is 1. The summed E-state index contributed by atoms with van der Waals surface area (Å²) in [5, 5.41) is 0. The first-order chi connectivity index (χ1) is 8.06. The molecule has 0 atom stereocenters. The zero-order chi connectivity index (χ0) is 12.7. The smallest absolute Gasteiger partial charge is 0.240 e. The predicted octanol–water partition coefficient (Wildman–Crippen LogP) is 0.0793. The Morgan fingerprint density at radius 1 is 1.24 bits per heavy atom. The van der Waals surface area contributed by atoms with Gasteiger partial charge < -0.3 is 10.5 Å². The number of nitrogens with two attached hydrogens (primary N) is 1. The van der Waals surface area contributed by atoms with E-state index < -0.39 is 15.8 Å². The molecule has 0 bridgehead atoms. The topological polar surface area (TPSA) is 81.4 Å². The molecule has 0 aliphatic heterocycles. The van der Waals surface area contributed by atoms with Crippen LogP contribution in [0.1, 0.15) is 0 Å². The van der Waals surface area contributed by atoms with Crippen molar-refractivity contribution in [2.45, 2.75) is 4.90 Å². The number of sulfonamides is 1. The van der Waals surface area contributed by atoms with Crippen LogP contribution in [0.25, 0.3) is 0 Å². The van der Waals surface area contributed by atoms with Gasteiger partial charge in [0.05, 0.1) is 18.1 Å². The Balaban J connectivity index is 2.48. The van der Waals surface area contributed by atoms with Crippen molar-refractivity contribution in [1.82, 2.24) is 4.72 Å². The molecule has 0 aliphatic carbocycles. The molecule has 0 heterocycles. The Hall–Kier alpha value is -1.02. The average molecular weight is 262 g/mol. The van der Waals surface area contributed by atoms with Gasteiger partial charge >= 0.3 is 0 Å². The second kappa shape index (κ2) is 6.65. The summed E-state index contributed by atoms with van der Waals surface area (Å²) in [6.45, 7) is 1.18. The summed E-state index contributed by atoms with van der Waals surface area (Å²) in [7, 11) is -3.59. The highest BCUT2D eigenvalue weighted by Gasteiger charge is 2.12. The molecule has 0 saturated heterocycles. The summed E-state index contributed by atoms with van der Waals surface area (Å²) in [6, 6.07) is 4.61. The highest BCUT2D eigenvalue weighted by atomic mass is 32.2. The summed E-state index contributed by atoms with van der Waals surface area (Å²) in [5.41, 5.74) is 5.20. The van der Waals surface area contributed by atoms with Crippen molar-refractivity contribution >= 4 is 10.0 Å². The number of hydrogen-bond donors (Lipinski definition) is 2. The maximum Gasteiger partial charge on any atom is 0.240 e. The highest BCUT2D eigenvalue weighted by molar-refractivity contribution is 7.89. The zero-order valence-corrected chi connectivity index (χ0v) is 10.0. The maximum atomic E-state index is 12.6. The van der Waals surface area contributed by atoms with Crippen LogP contribution in [-0.4, -0.2) is 34.7 Å². The van der Waals surface area contributed by atoms with Crippen molar-refractivity contribution in [3.63, 3.8) is 0 Å². The van der Waals surface area contributed by atoms with E-state index in [0.29, 0.717) is 13.2 Å². The van der Waals surface area contributed by atoms with E-state index in [9.17, 15) is 12.8 Å². The van der Waals surface area contributed by atoms with Gasteiger partial charge in [-0.25, -0.2) is 17.5 Å². The third-order valence-corrected chi connectivity index (χ3v) is 3.40. The fourth-order valence-corrected chi connectivity index (χ4v) is 2.14. The van der Waals surface area contributed by atoms with E-state index in [-0.39, 0.29) is 18.0 Å². The van der Waals surface area contributed by atoms with E-state index in [0.717, 1.165) is 12.1 Å². The van der Waals surface area contributed by atoms with Crippen LogP contribution in [0.3, 0.4) is 0 Å². The van der Waals surface area contributed by atoms with Crippen molar-refractivity contribution in [3.05, 3.63) is 30.1 Å². The molecule has 0 radical (unpaired) electrons. The lowest BCUT2D eigenvalue weighted by Gasteiger charge is -2.06. The van der Waals surface area contributed by atoms with Gasteiger partial charge in [0, 0.05) is 13.1 Å².